The van der Waals surface area contributed by atoms with Gasteiger partial charge in [0.25, 0.3) is 0 Å². The highest BCUT2D eigenvalue weighted by molar-refractivity contribution is 7.99. The van der Waals surface area contributed by atoms with Gasteiger partial charge in [-0.1, -0.05) is 29.4 Å². The summed E-state index contributed by atoms with van der Waals surface area (Å²) in [7, 11) is 0. The van der Waals surface area contributed by atoms with Crippen molar-refractivity contribution >= 4 is 34.8 Å². The van der Waals surface area contributed by atoms with Gasteiger partial charge in [-0.2, -0.15) is 0 Å². The lowest BCUT2D eigenvalue weighted by molar-refractivity contribution is 0.101. The number of nitrogen functional groups attached to an aromatic ring is 1. The lowest BCUT2D eigenvalue weighted by Gasteiger charge is -2.06. The van der Waals surface area contributed by atoms with Crippen molar-refractivity contribution in [2.75, 3.05) is 5.73 Å². The van der Waals surface area contributed by atoms with Gasteiger partial charge in [0.2, 0.25) is 0 Å². The summed E-state index contributed by atoms with van der Waals surface area (Å²) < 4.78 is 0. The molecule has 2 N–H and O–H groups in total. The lowest BCUT2D eigenvalue weighted by atomic mass is 10.1. The zero-order valence-electron chi connectivity index (χ0n) is 9.81. The number of hydrogen-bond acceptors (Lipinski definition) is 3. The van der Waals surface area contributed by atoms with Crippen LogP contribution in [0, 0.1) is 0 Å². The molecular formula is C14H12ClNOS. The molecule has 4 heteroatoms. The second-order valence-corrected chi connectivity index (χ2v) is 5.45. The van der Waals surface area contributed by atoms with Crippen molar-refractivity contribution in [1.29, 1.82) is 0 Å². The quantitative estimate of drug-likeness (QED) is 0.673. The van der Waals surface area contributed by atoms with Crippen molar-refractivity contribution < 1.29 is 4.79 Å². The fourth-order valence-electron chi connectivity index (χ4n) is 1.59. The van der Waals surface area contributed by atoms with Crippen LogP contribution in [0.2, 0.25) is 5.02 Å². The minimum Gasteiger partial charge on any atom is -0.398 e. The van der Waals surface area contributed by atoms with Gasteiger partial charge < -0.3 is 5.73 Å². The third-order valence-electron chi connectivity index (χ3n) is 2.43. The standard InChI is InChI=1S/C14H12ClNOS/c1-9(17)13-6-5-12(8-14(13)16)18-11-4-2-3-10(15)7-11/h2-8H,16H2,1H3. The van der Waals surface area contributed by atoms with Gasteiger partial charge in [-0.25, -0.2) is 0 Å². The molecule has 0 unspecified atom stereocenters. The summed E-state index contributed by atoms with van der Waals surface area (Å²) in [5.41, 5.74) is 6.92. The normalized spacial score (nSPS) is 10.3. The molecule has 92 valence electrons. The molecule has 0 bridgehead atoms. The molecule has 0 saturated heterocycles. The predicted molar refractivity (Wildman–Crippen MR) is 76.4 cm³/mol. The smallest absolute Gasteiger partial charge is 0.161 e. The monoisotopic (exact) mass is 277 g/mol. The van der Waals surface area contributed by atoms with Crippen LogP contribution < -0.4 is 5.73 Å². The van der Waals surface area contributed by atoms with Crippen LogP contribution >= 0.6 is 23.4 Å². The highest BCUT2D eigenvalue weighted by Gasteiger charge is 2.06. The summed E-state index contributed by atoms with van der Waals surface area (Å²) in [6.07, 6.45) is 0. The Hall–Kier alpha value is -1.45. The number of nitrogens with two attached hydrogens (primary N) is 1. The van der Waals surface area contributed by atoms with E-state index in [1.807, 2.05) is 36.4 Å². The number of halogens is 1. The van der Waals surface area contributed by atoms with Gasteiger partial charge in [-0.3, -0.25) is 4.79 Å². The van der Waals surface area contributed by atoms with Crippen LogP contribution in [0.3, 0.4) is 0 Å². The Morgan fingerprint density at radius 2 is 1.89 bits per heavy atom. The SMILES string of the molecule is CC(=O)c1ccc(Sc2cccc(Cl)c2)cc1N. The number of benzene rings is 2. The molecule has 0 aliphatic rings. The average Bonchev–Trinajstić information content (AvgIpc) is 2.28. The van der Waals surface area contributed by atoms with Crippen LogP contribution in [0.25, 0.3) is 0 Å². The van der Waals surface area contributed by atoms with Crippen LogP contribution in [0.15, 0.2) is 52.3 Å². The fraction of sp³-hybridized carbons (Fsp3) is 0.0714. The van der Waals surface area contributed by atoms with E-state index < -0.39 is 0 Å². The number of anilines is 1. The van der Waals surface area contributed by atoms with Gasteiger partial charge >= 0.3 is 0 Å². The van der Waals surface area contributed by atoms with E-state index in [4.69, 9.17) is 17.3 Å². The second kappa shape index (κ2) is 5.46. The minimum absolute atomic E-state index is 0.0215. The van der Waals surface area contributed by atoms with Crippen LogP contribution in [-0.2, 0) is 0 Å². The molecule has 0 saturated carbocycles. The Morgan fingerprint density at radius 1 is 1.17 bits per heavy atom. The fourth-order valence-corrected chi connectivity index (χ4v) is 2.77. The Balaban J connectivity index is 2.25. The Kier molecular flexibility index (Phi) is 3.94. The second-order valence-electron chi connectivity index (χ2n) is 3.86. The molecule has 0 amide bonds. The number of ketones is 1. The summed E-state index contributed by atoms with van der Waals surface area (Å²) in [5.74, 6) is -0.0215. The summed E-state index contributed by atoms with van der Waals surface area (Å²) >= 11 is 7.49. The first-order valence-corrected chi connectivity index (χ1v) is 6.59. The van der Waals surface area contributed by atoms with Crippen LogP contribution in [-0.4, -0.2) is 5.78 Å². The molecular weight excluding hydrogens is 266 g/mol. The van der Waals surface area contributed by atoms with E-state index in [0.29, 0.717) is 16.3 Å². The molecule has 0 fully saturated rings. The Morgan fingerprint density at radius 3 is 2.50 bits per heavy atom. The summed E-state index contributed by atoms with van der Waals surface area (Å²) in [4.78, 5) is 13.3. The third-order valence-corrected chi connectivity index (χ3v) is 3.65. The first kappa shape index (κ1) is 13.0. The highest BCUT2D eigenvalue weighted by Crippen LogP contribution is 2.31. The van der Waals surface area contributed by atoms with Gasteiger partial charge in [0.1, 0.15) is 0 Å². The summed E-state index contributed by atoms with van der Waals surface area (Å²) in [6.45, 7) is 1.51. The topological polar surface area (TPSA) is 43.1 Å². The molecule has 0 aliphatic heterocycles. The van der Waals surface area contributed by atoms with Gasteiger partial charge in [0.15, 0.2) is 5.78 Å². The van der Waals surface area contributed by atoms with Crippen LogP contribution in [0.1, 0.15) is 17.3 Å². The third kappa shape index (κ3) is 3.06. The molecule has 2 aromatic carbocycles. The van der Waals surface area contributed by atoms with Crippen LogP contribution in [0.4, 0.5) is 5.69 Å². The zero-order chi connectivity index (χ0) is 13.1. The Labute approximate surface area is 115 Å². The molecule has 0 aliphatic carbocycles. The van der Waals surface area contributed by atoms with Crippen molar-refractivity contribution in [1.82, 2.24) is 0 Å². The first-order valence-electron chi connectivity index (χ1n) is 5.40. The minimum atomic E-state index is -0.0215. The maximum Gasteiger partial charge on any atom is 0.161 e. The molecule has 2 aromatic rings. The molecule has 18 heavy (non-hydrogen) atoms. The molecule has 0 radical (unpaired) electrons. The summed E-state index contributed by atoms with van der Waals surface area (Å²) in [6, 6.07) is 13.1. The Bertz CT molecular complexity index is 598. The number of rotatable bonds is 3. The highest BCUT2D eigenvalue weighted by atomic mass is 35.5. The van der Waals surface area contributed by atoms with Crippen molar-refractivity contribution in [3.05, 3.63) is 53.1 Å². The van der Waals surface area contributed by atoms with E-state index in [2.05, 4.69) is 0 Å². The lowest BCUT2D eigenvalue weighted by Crippen LogP contribution is -1.99. The van der Waals surface area contributed by atoms with E-state index in [0.717, 1.165) is 9.79 Å². The number of carbonyl (C=O) groups is 1. The summed E-state index contributed by atoms with van der Waals surface area (Å²) in [5, 5.41) is 0.702. The first-order chi connectivity index (χ1) is 8.56. The predicted octanol–water partition coefficient (Wildman–Crippen LogP) is 4.28. The van der Waals surface area contributed by atoms with E-state index in [9.17, 15) is 4.79 Å². The van der Waals surface area contributed by atoms with E-state index >= 15 is 0 Å². The van der Waals surface area contributed by atoms with Crippen molar-refractivity contribution in [3.8, 4) is 0 Å². The largest absolute Gasteiger partial charge is 0.398 e. The van der Waals surface area contributed by atoms with Gasteiger partial charge in [0, 0.05) is 26.1 Å². The molecule has 0 spiro atoms. The maximum absolute atomic E-state index is 11.3. The molecule has 0 heterocycles. The zero-order valence-corrected chi connectivity index (χ0v) is 11.4. The van der Waals surface area contributed by atoms with E-state index in [-0.39, 0.29) is 5.78 Å². The number of Topliss-reactive ketones (excluding diaryl/α,β-unsaturated/α-hetero) is 1. The molecule has 0 atom stereocenters. The van der Waals surface area contributed by atoms with E-state index in [1.54, 1.807) is 17.8 Å². The van der Waals surface area contributed by atoms with Gasteiger partial charge in [-0.05, 0) is 43.3 Å². The van der Waals surface area contributed by atoms with E-state index in [1.165, 1.54) is 6.92 Å². The van der Waals surface area contributed by atoms with Crippen molar-refractivity contribution in [3.63, 3.8) is 0 Å². The molecule has 0 aromatic heterocycles. The van der Waals surface area contributed by atoms with Crippen molar-refractivity contribution in [2.24, 2.45) is 0 Å². The molecule has 2 nitrogen and oxygen atoms in total. The average molecular weight is 278 g/mol. The molecule has 2 rings (SSSR count). The number of hydrogen-bond donors (Lipinski definition) is 1. The van der Waals surface area contributed by atoms with Crippen LogP contribution in [0.5, 0.6) is 0 Å². The van der Waals surface area contributed by atoms with Crippen molar-refractivity contribution in [2.45, 2.75) is 16.7 Å². The maximum atomic E-state index is 11.3. The number of carbonyl (C=O) groups excluding carboxylic acids is 1. The van der Waals surface area contributed by atoms with Gasteiger partial charge in [0.05, 0.1) is 0 Å². The van der Waals surface area contributed by atoms with Gasteiger partial charge in [-0.15, -0.1) is 0 Å².